The van der Waals surface area contributed by atoms with E-state index < -0.39 is 0 Å². The average Bonchev–Trinajstić information content (AvgIpc) is 3.00. The van der Waals surface area contributed by atoms with Gasteiger partial charge in [0, 0.05) is 19.5 Å². The summed E-state index contributed by atoms with van der Waals surface area (Å²) in [6, 6.07) is 9.01. The van der Waals surface area contributed by atoms with E-state index in [1.54, 1.807) is 0 Å². The fraction of sp³-hybridized carbons (Fsp3) is 0.467. The topological polar surface area (TPSA) is 51.4 Å². The van der Waals surface area contributed by atoms with E-state index in [4.69, 9.17) is 9.26 Å². The Labute approximate surface area is 118 Å². The number of hydrogen-bond donors (Lipinski definition) is 0. The molecular formula is C15H19N3O2. The first-order valence-corrected chi connectivity index (χ1v) is 6.96. The molecule has 0 radical (unpaired) electrons. The van der Waals surface area contributed by atoms with Crippen molar-refractivity contribution in [1.29, 1.82) is 0 Å². The van der Waals surface area contributed by atoms with E-state index in [1.165, 1.54) is 17.5 Å². The number of hydrogen-bond acceptors (Lipinski definition) is 5. The maximum absolute atomic E-state index is 5.64. The maximum atomic E-state index is 5.64. The molecule has 1 unspecified atom stereocenters. The van der Waals surface area contributed by atoms with Crippen molar-refractivity contribution >= 4 is 0 Å². The van der Waals surface area contributed by atoms with Crippen molar-refractivity contribution < 1.29 is 9.26 Å². The number of aryl methyl sites for hydroxylation is 1. The van der Waals surface area contributed by atoms with Crippen LogP contribution in [-0.2, 0) is 11.2 Å². The lowest BCUT2D eigenvalue weighted by Gasteiger charge is -2.35. The SMILES string of the molecule is Cc1ccc(C2COCCN2CCc2ncon2)cc1. The second kappa shape index (κ2) is 6.15. The summed E-state index contributed by atoms with van der Waals surface area (Å²) in [6.45, 7) is 5.50. The largest absolute Gasteiger partial charge is 0.378 e. The number of benzene rings is 1. The number of aromatic nitrogens is 2. The molecule has 1 aliphatic heterocycles. The highest BCUT2D eigenvalue weighted by molar-refractivity contribution is 5.24. The molecule has 0 spiro atoms. The lowest BCUT2D eigenvalue weighted by atomic mass is 10.0. The lowest BCUT2D eigenvalue weighted by Crippen LogP contribution is -2.40. The molecule has 1 aliphatic rings. The van der Waals surface area contributed by atoms with Gasteiger partial charge in [0.05, 0.1) is 19.3 Å². The van der Waals surface area contributed by atoms with Crippen LogP contribution in [0.4, 0.5) is 0 Å². The smallest absolute Gasteiger partial charge is 0.213 e. The molecule has 1 saturated heterocycles. The van der Waals surface area contributed by atoms with Gasteiger partial charge in [-0.25, -0.2) is 0 Å². The predicted molar refractivity (Wildman–Crippen MR) is 74.3 cm³/mol. The standard InChI is InChI=1S/C15H19N3O2/c1-12-2-4-13(5-3-12)14-10-19-9-8-18(14)7-6-15-16-11-20-17-15/h2-5,11,14H,6-10H2,1H3. The predicted octanol–water partition coefficient (Wildman–Crippen LogP) is 1.99. The molecule has 2 heterocycles. The Balaban J connectivity index is 1.68. The van der Waals surface area contributed by atoms with Gasteiger partial charge in [-0.05, 0) is 12.5 Å². The van der Waals surface area contributed by atoms with Crippen molar-refractivity contribution in [2.24, 2.45) is 0 Å². The molecule has 0 N–H and O–H groups in total. The second-order valence-electron chi connectivity index (χ2n) is 5.13. The van der Waals surface area contributed by atoms with Gasteiger partial charge in [-0.15, -0.1) is 0 Å². The minimum absolute atomic E-state index is 0.316. The van der Waals surface area contributed by atoms with E-state index >= 15 is 0 Å². The third-order valence-electron chi connectivity index (χ3n) is 3.73. The van der Waals surface area contributed by atoms with Crippen molar-refractivity contribution in [1.82, 2.24) is 15.0 Å². The molecule has 0 aliphatic carbocycles. The first kappa shape index (κ1) is 13.3. The van der Waals surface area contributed by atoms with Gasteiger partial charge >= 0.3 is 0 Å². The summed E-state index contributed by atoms with van der Waals surface area (Å²) < 4.78 is 10.4. The Morgan fingerprint density at radius 3 is 2.90 bits per heavy atom. The molecule has 2 aromatic rings. The molecule has 20 heavy (non-hydrogen) atoms. The van der Waals surface area contributed by atoms with E-state index in [1.807, 2.05) is 0 Å². The van der Waals surface area contributed by atoms with Crippen molar-refractivity contribution in [3.05, 3.63) is 47.6 Å². The average molecular weight is 273 g/mol. The lowest BCUT2D eigenvalue weighted by molar-refractivity contribution is -0.00810. The van der Waals surface area contributed by atoms with E-state index in [9.17, 15) is 0 Å². The highest BCUT2D eigenvalue weighted by atomic mass is 16.5. The molecule has 0 amide bonds. The molecule has 106 valence electrons. The third-order valence-corrected chi connectivity index (χ3v) is 3.73. The van der Waals surface area contributed by atoms with Crippen LogP contribution in [0.3, 0.4) is 0 Å². The summed E-state index contributed by atoms with van der Waals surface area (Å²) in [7, 11) is 0. The summed E-state index contributed by atoms with van der Waals surface area (Å²) in [5.41, 5.74) is 2.59. The first-order chi connectivity index (χ1) is 9.83. The number of ether oxygens (including phenoxy) is 1. The molecule has 0 bridgehead atoms. The van der Waals surface area contributed by atoms with Gasteiger partial charge in [-0.1, -0.05) is 35.0 Å². The van der Waals surface area contributed by atoms with Gasteiger partial charge in [-0.3, -0.25) is 4.90 Å². The summed E-state index contributed by atoms with van der Waals surface area (Å²) in [5.74, 6) is 0.763. The quantitative estimate of drug-likeness (QED) is 0.852. The summed E-state index contributed by atoms with van der Waals surface area (Å²) >= 11 is 0. The molecule has 1 aromatic heterocycles. The highest BCUT2D eigenvalue weighted by Crippen LogP contribution is 2.24. The zero-order valence-corrected chi connectivity index (χ0v) is 11.7. The summed E-state index contributed by atoms with van der Waals surface area (Å²) in [5, 5.41) is 3.87. The molecular weight excluding hydrogens is 254 g/mol. The second-order valence-corrected chi connectivity index (χ2v) is 5.13. The van der Waals surface area contributed by atoms with E-state index in [0.717, 1.165) is 38.5 Å². The van der Waals surface area contributed by atoms with E-state index in [0.29, 0.717) is 6.04 Å². The number of nitrogens with zero attached hydrogens (tertiary/aromatic N) is 3. The van der Waals surface area contributed by atoms with Crippen molar-refractivity contribution in [3.8, 4) is 0 Å². The van der Waals surface area contributed by atoms with Gasteiger partial charge in [0.2, 0.25) is 6.39 Å². The van der Waals surface area contributed by atoms with Gasteiger partial charge in [0.25, 0.3) is 0 Å². The van der Waals surface area contributed by atoms with Crippen LogP contribution in [0.5, 0.6) is 0 Å². The van der Waals surface area contributed by atoms with Gasteiger partial charge in [-0.2, -0.15) is 4.98 Å². The number of morpholine rings is 1. The minimum atomic E-state index is 0.316. The van der Waals surface area contributed by atoms with E-state index in [-0.39, 0.29) is 0 Å². The molecule has 0 saturated carbocycles. The zero-order valence-electron chi connectivity index (χ0n) is 11.7. The summed E-state index contributed by atoms with van der Waals surface area (Å²) in [6.07, 6.45) is 2.19. The molecule has 5 nitrogen and oxygen atoms in total. The highest BCUT2D eigenvalue weighted by Gasteiger charge is 2.24. The van der Waals surface area contributed by atoms with Crippen LogP contribution in [0.25, 0.3) is 0 Å². The minimum Gasteiger partial charge on any atom is -0.378 e. The molecule has 3 rings (SSSR count). The van der Waals surface area contributed by atoms with Crippen LogP contribution in [0, 0.1) is 6.92 Å². The monoisotopic (exact) mass is 273 g/mol. The molecule has 1 aromatic carbocycles. The molecule has 1 atom stereocenters. The van der Waals surface area contributed by atoms with Gasteiger partial charge in [0.1, 0.15) is 0 Å². The Bertz CT molecular complexity index is 525. The van der Waals surface area contributed by atoms with Crippen molar-refractivity contribution in [3.63, 3.8) is 0 Å². The van der Waals surface area contributed by atoms with E-state index in [2.05, 4.69) is 46.2 Å². The van der Waals surface area contributed by atoms with Crippen molar-refractivity contribution in [2.45, 2.75) is 19.4 Å². The molecule has 5 heteroatoms. The van der Waals surface area contributed by atoms with Gasteiger partial charge in [0.15, 0.2) is 5.82 Å². The third kappa shape index (κ3) is 3.05. The molecule has 1 fully saturated rings. The Hall–Kier alpha value is -1.72. The fourth-order valence-electron chi connectivity index (χ4n) is 2.55. The Kier molecular flexibility index (Phi) is 4.08. The van der Waals surface area contributed by atoms with Crippen LogP contribution in [0.1, 0.15) is 23.0 Å². The van der Waals surface area contributed by atoms with Gasteiger partial charge < -0.3 is 9.26 Å². The zero-order chi connectivity index (χ0) is 13.8. The summed E-state index contributed by atoms with van der Waals surface area (Å²) in [4.78, 5) is 6.51. The van der Waals surface area contributed by atoms with Crippen LogP contribution in [-0.4, -0.2) is 41.3 Å². The number of rotatable bonds is 4. The van der Waals surface area contributed by atoms with Crippen LogP contribution >= 0.6 is 0 Å². The van der Waals surface area contributed by atoms with Crippen molar-refractivity contribution in [2.75, 3.05) is 26.3 Å². The fourth-order valence-corrected chi connectivity index (χ4v) is 2.55. The van der Waals surface area contributed by atoms with Crippen LogP contribution in [0.15, 0.2) is 35.2 Å². The Morgan fingerprint density at radius 1 is 1.30 bits per heavy atom. The first-order valence-electron chi connectivity index (χ1n) is 6.96. The van der Waals surface area contributed by atoms with Crippen LogP contribution < -0.4 is 0 Å². The normalized spacial score (nSPS) is 20.1. The van der Waals surface area contributed by atoms with Crippen LogP contribution in [0.2, 0.25) is 0 Å². The Morgan fingerprint density at radius 2 is 2.15 bits per heavy atom. The maximum Gasteiger partial charge on any atom is 0.213 e.